The molecule has 0 amide bonds. The fourth-order valence-electron chi connectivity index (χ4n) is 5.20. The van der Waals surface area contributed by atoms with E-state index in [4.69, 9.17) is 0 Å². The van der Waals surface area contributed by atoms with E-state index < -0.39 is 0 Å². The highest BCUT2D eigenvalue weighted by molar-refractivity contribution is 4.93. The van der Waals surface area contributed by atoms with Gasteiger partial charge in [0.1, 0.15) is 0 Å². The summed E-state index contributed by atoms with van der Waals surface area (Å²) in [5.41, 5.74) is 0.797. The number of nitrogens with one attached hydrogen (secondary N) is 1. The minimum atomic E-state index is 0.636. The van der Waals surface area contributed by atoms with E-state index in [9.17, 15) is 0 Å². The van der Waals surface area contributed by atoms with Crippen LogP contribution in [0.3, 0.4) is 0 Å². The largest absolute Gasteiger partial charge is 0.314 e. The highest BCUT2D eigenvalue weighted by Gasteiger charge is 2.39. The third-order valence-corrected chi connectivity index (χ3v) is 6.56. The van der Waals surface area contributed by atoms with Gasteiger partial charge in [0.2, 0.25) is 0 Å². The molecule has 0 bridgehead atoms. The van der Waals surface area contributed by atoms with Crippen LogP contribution in [-0.4, -0.2) is 36.6 Å². The summed E-state index contributed by atoms with van der Waals surface area (Å²) in [4.78, 5) is 2.86. The highest BCUT2D eigenvalue weighted by atomic mass is 15.2. The van der Waals surface area contributed by atoms with E-state index in [0.29, 0.717) is 6.04 Å². The van der Waals surface area contributed by atoms with Crippen molar-refractivity contribution in [3.63, 3.8) is 0 Å². The first kappa shape index (κ1) is 15.8. The fraction of sp³-hybridized carbons (Fsp3) is 1.00. The van der Waals surface area contributed by atoms with Crippen LogP contribution in [0.4, 0.5) is 0 Å². The van der Waals surface area contributed by atoms with Gasteiger partial charge in [-0.25, -0.2) is 0 Å². The first-order valence-corrected chi connectivity index (χ1v) is 9.64. The fourth-order valence-corrected chi connectivity index (χ4v) is 5.20. The van der Waals surface area contributed by atoms with Crippen molar-refractivity contribution in [2.75, 3.05) is 19.6 Å². The van der Waals surface area contributed by atoms with Crippen LogP contribution >= 0.6 is 0 Å². The van der Waals surface area contributed by atoms with E-state index in [1.165, 1.54) is 71.0 Å². The smallest absolute Gasteiger partial charge is 0.00957 e. The molecule has 3 fully saturated rings. The van der Waals surface area contributed by atoms with Crippen LogP contribution in [-0.2, 0) is 0 Å². The Kier molecular flexibility index (Phi) is 5.27. The predicted molar refractivity (Wildman–Crippen MR) is 90.6 cm³/mol. The highest BCUT2D eigenvalue weighted by Crippen LogP contribution is 2.49. The molecule has 3 rings (SSSR count). The minimum absolute atomic E-state index is 0.636. The maximum atomic E-state index is 3.65. The Bertz CT molecular complexity index is 310. The molecule has 2 aliphatic carbocycles. The summed E-state index contributed by atoms with van der Waals surface area (Å²) in [5.74, 6) is 0.892. The van der Waals surface area contributed by atoms with E-state index in [1.54, 1.807) is 12.8 Å². The third kappa shape index (κ3) is 4.01. The van der Waals surface area contributed by atoms with Gasteiger partial charge in [-0.15, -0.1) is 0 Å². The topological polar surface area (TPSA) is 15.3 Å². The summed E-state index contributed by atoms with van der Waals surface area (Å²) < 4.78 is 0. The zero-order valence-electron chi connectivity index (χ0n) is 14.4. The minimum Gasteiger partial charge on any atom is -0.314 e. The molecule has 122 valence electrons. The molecule has 3 aliphatic rings. The molecule has 2 saturated carbocycles. The summed E-state index contributed by atoms with van der Waals surface area (Å²) in [6.45, 7) is 8.49. The molecule has 2 nitrogen and oxygen atoms in total. The van der Waals surface area contributed by atoms with Gasteiger partial charge < -0.3 is 10.2 Å². The lowest BCUT2D eigenvalue weighted by Gasteiger charge is -2.44. The van der Waals surface area contributed by atoms with Gasteiger partial charge in [-0.05, 0) is 75.8 Å². The van der Waals surface area contributed by atoms with Crippen molar-refractivity contribution in [3.8, 4) is 0 Å². The van der Waals surface area contributed by atoms with E-state index in [1.807, 2.05) is 0 Å². The van der Waals surface area contributed by atoms with E-state index >= 15 is 0 Å². The quantitative estimate of drug-likeness (QED) is 0.835. The SMILES string of the molecule is CC(C)NCC1CCCN(C2CCC3(CCCC3)CC2)C1. The second-order valence-electron chi connectivity index (χ2n) is 8.50. The van der Waals surface area contributed by atoms with Crippen LogP contribution in [0.2, 0.25) is 0 Å². The van der Waals surface area contributed by atoms with Crippen molar-refractivity contribution >= 4 is 0 Å². The predicted octanol–water partition coefficient (Wildman–Crippen LogP) is 4.20. The normalized spacial score (nSPS) is 31.3. The van der Waals surface area contributed by atoms with Crippen LogP contribution in [0.5, 0.6) is 0 Å². The molecule has 21 heavy (non-hydrogen) atoms. The van der Waals surface area contributed by atoms with Gasteiger partial charge in [-0.1, -0.05) is 26.7 Å². The van der Waals surface area contributed by atoms with Gasteiger partial charge in [0.15, 0.2) is 0 Å². The zero-order valence-corrected chi connectivity index (χ0v) is 14.4. The summed E-state index contributed by atoms with van der Waals surface area (Å²) in [6, 6.07) is 1.55. The molecule has 1 N–H and O–H groups in total. The van der Waals surface area contributed by atoms with E-state index in [0.717, 1.165) is 17.4 Å². The third-order valence-electron chi connectivity index (χ3n) is 6.56. The molecule has 0 radical (unpaired) electrons. The lowest BCUT2D eigenvalue weighted by Crippen LogP contribution is -2.47. The Labute approximate surface area is 132 Å². The maximum absolute atomic E-state index is 3.65. The number of piperidine rings is 1. The Hall–Kier alpha value is -0.0800. The Balaban J connectivity index is 1.46. The molecule has 1 saturated heterocycles. The molecule has 0 aromatic rings. The van der Waals surface area contributed by atoms with Crippen molar-refractivity contribution in [3.05, 3.63) is 0 Å². The van der Waals surface area contributed by atoms with Gasteiger partial charge in [0, 0.05) is 18.6 Å². The molecule has 1 heterocycles. The van der Waals surface area contributed by atoms with Crippen LogP contribution in [0, 0.1) is 11.3 Å². The average molecular weight is 293 g/mol. The van der Waals surface area contributed by atoms with Crippen molar-refractivity contribution in [2.24, 2.45) is 11.3 Å². The van der Waals surface area contributed by atoms with Crippen molar-refractivity contribution < 1.29 is 0 Å². The zero-order chi connectivity index (χ0) is 14.7. The monoisotopic (exact) mass is 292 g/mol. The van der Waals surface area contributed by atoms with Gasteiger partial charge in [0.25, 0.3) is 0 Å². The number of hydrogen-bond donors (Lipinski definition) is 1. The standard InChI is InChI=1S/C19H36N2/c1-16(2)20-14-17-6-5-13-21(15-17)18-7-11-19(12-8-18)9-3-4-10-19/h16-18,20H,3-15H2,1-2H3. The van der Waals surface area contributed by atoms with Gasteiger partial charge >= 0.3 is 0 Å². The van der Waals surface area contributed by atoms with Crippen LogP contribution in [0.1, 0.15) is 78.1 Å². The Morgan fingerprint density at radius 2 is 1.71 bits per heavy atom. The number of likely N-dealkylation sites (tertiary alicyclic amines) is 1. The van der Waals surface area contributed by atoms with Crippen molar-refractivity contribution in [2.45, 2.75) is 90.1 Å². The molecule has 1 spiro atoms. The lowest BCUT2D eigenvalue weighted by atomic mass is 9.71. The molecule has 1 atom stereocenters. The summed E-state index contributed by atoms with van der Waals surface area (Å²) >= 11 is 0. The van der Waals surface area contributed by atoms with Crippen LogP contribution in [0.25, 0.3) is 0 Å². The maximum Gasteiger partial charge on any atom is 0.00957 e. The van der Waals surface area contributed by atoms with Crippen molar-refractivity contribution in [1.82, 2.24) is 10.2 Å². The van der Waals surface area contributed by atoms with Crippen LogP contribution < -0.4 is 5.32 Å². The second kappa shape index (κ2) is 7.00. The lowest BCUT2D eigenvalue weighted by molar-refractivity contribution is 0.0593. The van der Waals surface area contributed by atoms with E-state index in [2.05, 4.69) is 24.1 Å². The first-order valence-electron chi connectivity index (χ1n) is 9.64. The molecule has 2 heteroatoms. The summed E-state index contributed by atoms with van der Waals surface area (Å²) in [7, 11) is 0. The van der Waals surface area contributed by atoms with Crippen LogP contribution in [0.15, 0.2) is 0 Å². The van der Waals surface area contributed by atoms with Crippen molar-refractivity contribution in [1.29, 1.82) is 0 Å². The Morgan fingerprint density at radius 3 is 2.38 bits per heavy atom. The van der Waals surface area contributed by atoms with Gasteiger partial charge in [-0.2, -0.15) is 0 Å². The molecule has 1 unspecified atom stereocenters. The second-order valence-corrected chi connectivity index (χ2v) is 8.50. The molecule has 0 aromatic heterocycles. The summed E-state index contributed by atoms with van der Waals surface area (Å²) in [6.07, 6.45) is 15.0. The van der Waals surface area contributed by atoms with Gasteiger partial charge in [-0.3, -0.25) is 0 Å². The average Bonchev–Trinajstić information content (AvgIpc) is 2.94. The molecular formula is C19H36N2. The molecule has 0 aromatic carbocycles. The Morgan fingerprint density at radius 1 is 1.00 bits per heavy atom. The molecule has 1 aliphatic heterocycles. The summed E-state index contributed by atoms with van der Waals surface area (Å²) in [5, 5.41) is 3.65. The van der Waals surface area contributed by atoms with E-state index in [-0.39, 0.29) is 0 Å². The first-order chi connectivity index (χ1) is 10.2. The number of hydrogen-bond acceptors (Lipinski definition) is 2. The number of nitrogens with zero attached hydrogens (tertiary/aromatic N) is 1. The van der Waals surface area contributed by atoms with Gasteiger partial charge in [0.05, 0.1) is 0 Å². The number of rotatable bonds is 4. The molecular weight excluding hydrogens is 256 g/mol.